The molecule has 2 heterocycles. The van der Waals surface area contributed by atoms with E-state index in [0.717, 1.165) is 16.8 Å². The Kier molecular flexibility index (Phi) is 5.68. The van der Waals surface area contributed by atoms with Crippen LogP contribution < -0.4 is 5.32 Å². The Labute approximate surface area is 171 Å². The number of hydrogen-bond donors (Lipinski definition) is 2. The Morgan fingerprint density at radius 3 is 2.52 bits per heavy atom. The van der Waals surface area contributed by atoms with Gasteiger partial charge in [0.2, 0.25) is 11.8 Å². The van der Waals surface area contributed by atoms with E-state index in [1.807, 2.05) is 57.9 Å². The fraction of sp³-hybridized carbons (Fsp3) is 0.500. The smallest absolute Gasteiger partial charge is 0.226 e. The summed E-state index contributed by atoms with van der Waals surface area (Å²) in [5.74, 6) is 0.252. The molecule has 2 amide bonds. The Bertz CT molecular complexity index is 901. The summed E-state index contributed by atoms with van der Waals surface area (Å²) in [6.07, 6.45) is 2.79. The molecule has 0 radical (unpaired) electrons. The minimum absolute atomic E-state index is 0.00354. The summed E-state index contributed by atoms with van der Waals surface area (Å²) < 4.78 is 1.81. The maximum Gasteiger partial charge on any atom is 0.226 e. The summed E-state index contributed by atoms with van der Waals surface area (Å²) in [7, 11) is 3.70. The van der Waals surface area contributed by atoms with Gasteiger partial charge in [0.05, 0.1) is 12.2 Å². The van der Waals surface area contributed by atoms with Crippen LogP contribution in [0.15, 0.2) is 30.5 Å². The van der Waals surface area contributed by atoms with Gasteiger partial charge in [0.1, 0.15) is 5.75 Å². The Morgan fingerprint density at radius 1 is 1.28 bits per heavy atom. The van der Waals surface area contributed by atoms with E-state index >= 15 is 0 Å². The van der Waals surface area contributed by atoms with E-state index < -0.39 is 5.41 Å². The highest BCUT2D eigenvalue weighted by molar-refractivity contribution is 5.83. The number of nitrogens with zero attached hydrogens (tertiary/aromatic N) is 3. The van der Waals surface area contributed by atoms with Gasteiger partial charge < -0.3 is 15.3 Å². The van der Waals surface area contributed by atoms with Crippen molar-refractivity contribution < 1.29 is 14.7 Å². The minimum atomic E-state index is -0.606. The number of benzene rings is 1. The number of phenols is 1. The first-order valence-corrected chi connectivity index (χ1v) is 9.90. The fourth-order valence-electron chi connectivity index (χ4n) is 4.07. The van der Waals surface area contributed by atoms with Crippen LogP contribution in [0.2, 0.25) is 0 Å². The zero-order valence-corrected chi connectivity index (χ0v) is 17.8. The number of aryl methyl sites for hydroxylation is 1. The third-order valence-electron chi connectivity index (χ3n) is 6.01. The zero-order chi connectivity index (χ0) is 21.3. The monoisotopic (exact) mass is 398 g/mol. The lowest BCUT2D eigenvalue weighted by Crippen LogP contribution is -2.41. The van der Waals surface area contributed by atoms with Gasteiger partial charge in [-0.1, -0.05) is 26.0 Å². The van der Waals surface area contributed by atoms with Crippen LogP contribution in [0.25, 0.3) is 0 Å². The molecule has 1 saturated heterocycles. The Balaban J connectivity index is 1.68. The maximum absolute atomic E-state index is 12.9. The molecule has 0 spiro atoms. The van der Waals surface area contributed by atoms with E-state index in [1.54, 1.807) is 17.0 Å². The van der Waals surface area contributed by atoms with Gasteiger partial charge in [-0.3, -0.25) is 14.3 Å². The molecular weight excluding hydrogens is 368 g/mol. The second-order valence-electron chi connectivity index (χ2n) is 8.66. The first-order chi connectivity index (χ1) is 13.6. The molecule has 2 N–H and O–H groups in total. The van der Waals surface area contributed by atoms with Crippen molar-refractivity contribution in [3.63, 3.8) is 0 Å². The molecule has 1 aromatic carbocycles. The number of carbonyl (C=O) groups excluding carboxylic acids is 2. The zero-order valence-electron chi connectivity index (χ0n) is 17.8. The molecule has 1 aliphatic rings. The number of hydrogen-bond acceptors (Lipinski definition) is 4. The normalized spacial score (nSPS) is 19.6. The van der Waals surface area contributed by atoms with E-state index in [0.29, 0.717) is 19.4 Å². The first kappa shape index (κ1) is 20.9. The number of carbonyl (C=O) groups is 2. The molecule has 1 fully saturated rings. The number of rotatable bonds is 6. The van der Waals surface area contributed by atoms with Crippen LogP contribution in [0.4, 0.5) is 0 Å². The summed E-state index contributed by atoms with van der Waals surface area (Å²) in [6, 6.07) is 6.83. The average Bonchev–Trinajstić information content (AvgIpc) is 3.13. The third-order valence-corrected chi connectivity index (χ3v) is 6.01. The predicted molar refractivity (Wildman–Crippen MR) is 110 cm³/mol. The number of aromatic nitrogens is 2. The molecule has 0 bridgehead atoms. The van der Waals surface area contributed by atoms with Gasteiger partial charge in [0, 0.05) is 49.7 Å². The molecule has 0 saturated carbocycles. The molecule has 29 heavy (non-hydrogen) atoms. The van der Waals surface area contributed by atoms with Crippen molar-refractivity contribution in [1.29, 1.82) is 0 Å². The third kappa shape index (κ3) is 4.28. The van der Waals surface area contributed by atoms with Gasteiger partial charge in [-0.25, -0.2) is 0 Å². The highest BCUT2D eigenvalue weighted by atomic mass is 16.3. The van der Waals surface area contributed by atoms with Crippen molar-refractivity contribution >= 4 is 11.8 Å². The number of amides is 2. The molecule has 7 heteroatoms. The summed E-state index contributed by atoms with van der Waals surface area (Å²) in [4.78, 5) is 27.0. The second-order valence-corrected chi connectivity index (χ2v) is 8.66. The Morgan fingerprint density at radius 2 is 1.93 bits per heavy atom. The Hall–Kier alpha value is -2.83. The molecule has 156 valence electrons. The highest BCUT2D eigenvalue weighted by Crippen LogP contribution is 2.38. The molecule has 0 unspecified atom stereocenters. The van der Waals surface area contributed by atoms with Crippen LogP contribution in [0, 0.1) is 18.3 Å². The van der Waals surface area contributed by atoms with E-state index in [-0.39, 0.29) is 29.5 Å². The van der Waals surface area contributed by atoms with Gasteiger partial charge in [0.15, 0.2) is 0 Å². The average molecular weight is 399 g/mol. The van der Waals surface area contributed by atoms with Crippen LogP contribution in [0.5, 0.6) is 5.75 Å². The summed E-state index contributed by atoms with van der Waals surface area (Å²) in [5, 5.41) is 16.8. The van der Waals surface area contributed by atoms with E-state index in [1.165, 1.54) is 0 Å². The maximum atomic E-state index is 12.9. The quantitative estimate of drug-likeness (QED) is 0.782. The lowest BCUT2D eigenvalue weighted by atomic mass is 9.84. The van der Waals surface area contributed by atoms with Crippen LogP contribution >= 0.6 is 0 Å². The van der Waals surface area contributed by atoms with Crippen molar-refractivity contribution in [2.75, 3.05) is 13.6 Å². The molecule has 7 nitrogen and oxygen atoms in total. The number of likely N-dealkylation sites (tertiary alicyclic amines) is 1. The van der Waals surface area contributed by atoms with Gasteiger partial charge in [-0.2, -0.15) is 5.10 Å². The van der Waals surface area contributed by atoms with Crippen LogP contribution in [-0.4, -0.2) is 45.2 Å². The van der Waals surface area contributed by atoms with Crippen molar-refractivity contribution in [3.05, 3.63) is 47.3 Å². The lowest BCUT2D eigenvalue weighted by molar-refractivity contribution is -0.129. The number of nitrogens with one attached hydrogen (secondary N) is 1. The molecule has 1 aliphatic heterocycles. The molecule has 3 rings (SSSR count). The van der Waals surface area contributed by atoms with Crippen molar-refractivity contribution in [2.45, 2.75) is 39.7 Å². The minimum Gasteiger partial charge on any atom is -0.508 e. The molecule has 0 aliphatic carbocycles. The standard InChI is InChI=1S/C22H30N4O3/c1-14-18(13-24-26(14)5)20-16(10-19(28)25(20)4)12-23-21(29)22(2,3)11-15-6-8-17(27)9-7-15/h6-9,13,16,20,27H,10-12H2,1-5H3,(H,23,29)/t16-,20+/m1/s1. The lowest BCUT2D eigenvalue weighted by Gasteiger charge is -2.28. The van der Waals surface area contributed by atoms with Crippen molar-refractivity contribution in [1.82, 2.24) is 20.0 Å². The van der Waals surface area contributed by atoms with Crippen LogP contribution in [0.3, 0.4) is 0 Å². The number of aromatic hydroxyl groups is 1. The molecular formula is C22H30N4O3. The topological polar surface area (TPSA) is 87.5 Å². The van der Waals surface area contributed by atoms with Gasteiger partial charge >= 0.3 is 0 Å². The predicted octanol–water partition coefficient (Wildman–Crippen LogP) is 2.34. The molecule has 1 aromatic heterocycles. The number of phenolic OH excluding ortho intramolecular Hbond substituents is 1. The van der Waals surface area contributed by atoms with Gasteiger partial charge in [0.25, 0.3) is 0 Å². The van der Waals surface area contributed by atoms with Crippen molar-refractivity contribution in [2.24, 2.45) is 18.4 Å². The fourth-order valence-corrected chi connectivity index (χ4v) is 4.07. The highest BCUT2D eigenvalue weighted by Gasteiger charge is 2.40. The summed E-state index contributed by atoms with van der Waals surface area (Å²) >= 11 is 0. The van der Waals surface area contributed by atoms with Crippen molar-refractivity contribution in [3.8, 4) is 5.75 Å². The van der Waals surface area contributed by atoms with E-state index in [9.17, 15) is 14.7 Å². The summed E-state index contributed by atoms with van der Waals surface area (Å²) in [5.41, 5.74) is 2.44. The van der Waals surface area contributed by atoms with Gasteiger partial charge in [-0.15, -0.1) is 0 Å². The SMILES string of the molecule is Cc1c([C@@H]2[C@@H](CNC(=O)C(C)(C)Cc3ccc(O)cc3)CC(=O)N2C)cnn1C. The first-order valence-electron chi connectivity index (χ1n) is 9.90. The van der Waals surface area contributed by atoms with E-state index in [4.69, 9.17) is 0 Å². The molecule has 2 atom stereocenters. The van der Waals surface area contributed by atoms with Crippen LogP contribution in [-0.2, 0) is 23.1 Å². The van der Waals surface area contributed by atoms with Crippen LogP contribution in [0.1, 0.15) is 43.1 Å². The largest absolute Gasteiger partial charge is 0.508 e. The van der Waals surface area contributed by atoms with E-state index in [2.05, 4.69) is 10.4 Å². The van der Waals surface area contributed by atoms with Gasteiger partial charge in [-0.05, 0) is 31.0 Å². The summed E-state index contributed by atoms with van der Waals surface area (Å²) in [6.45, 7) is 6.25. The molecule has 2 aromatic rings. The second kappa shape index (κ2) is 7.89.